The topological polar surface area (TPSA) is 115 Å². The highest BCUT2D eigenvalue weighted by molar-refractivity contribution is 8.00. The van der Waals surface area contributed by atoms with E-state index in [2.05, 4.69) is 22.2 Å². The first-order valence-corrected chi connectivity index (χ1v) is 9.73. The quantitative estimate of drug-likeness (QED) is 0.291. The van der Waals surface area contributed by atoms with Crippen molar-refractivity contribution >= 4 is 50.8 Å². The van der Waals surface area contributed by atoms with Crippen molar-refractivity contribution in [2.75, 3.05) is 5.75 Å². The van der Waals surface area contributed by atoms with E-state index in [0.717, 1.165) is 22.7 Å². The van der Waals surface area contributed by atoms with Crippen molar-refractivity contribution in [1.82, 2.24) is 15.3 Å². The fraction of sp³-hybridized carbons (Fsp3) is 0.176. The number of hydrogen-bond acceptors (Lipinski definition) is 8. The van der Waals surface area contributed by atoms with Gasteiger partial charge in [-0.25, -0.2) is 9.97 Å². The molecule has 2 aromatic heterocycles. The van der Waals surface area contributed by atoms with Crippen molar-refractivity contribution in [1.29, 1.82) is 0 Å². The molecule has 0 atom stereocenters. The lowest BCUT2D eigenvalue weighted by Gasteiger charge is -2.04. The number of aryl methyl sites for hydroxylation is 1. The van der Waals surface area contributed by atoms with Gasteiger partial charge in [-0.2, -0.15) is 0 Å². The maximum atomic E-state index is 12.1. The fourth-order valence-electron chi connectivity index (χ4n) is 2.30. The average Bonchev–Trinajstić information content (AvgIpc) is 3.10. The van der Waals surface area contributed by atoms with Crippen LogP contribution in [0.2, 0.25) is 0 Å². The first-order chi connectivity index (χ1) is 13.0. The molecule has 0 spiro atoms. The normalized spacial score (nSPS) is 10.7. The minimum absolute atomic E-state index is 0.00984. The maximum absolute atomic E-state index is 12.1. The number of nitrogens with zero attached hydrogens (tertiary/aromatic N) is 3. The minimum atomic E-state index is -0.680. The van der Waals surface area contributed by atoms with Crippen LogP contribution in [0, 0.1) is 10.1 Å². The zero-order valence-electron chi connectivity index (χ0n) is 14.2. The Balaban J connectivity index is 1.65. The molecule has 0 aliphatic rings. The predicted molar refractivity (Wildman–Crippen MR) is 103 cm³/mol. The Morgan fingerprint density at radius 1 is 1.30 bits per heavy atom. The number of nitrogens with one attached hydrogen (secondary N) is 1. The number of fused-ring (bicyclic) bond motifs is 1. The number of benzene rings is 1. The zero-order chi connectivity index (χ0) is 19.4. The summed E-state index contributed by atoms with van der Waals surface area (Å²) in [6.07, 6.45) is 2.34. The molecular formula is C17H14N4O4S2. The number of thioether (sulfide) groups is 1. The van der Waals surface area contributed by atoms with Gasteiger partial charge < -0.3 is 0 Å². The molecule has 0 radical (unpaired) electrons. The summed E-state index contributed by atoms with van der Waals surface area (Å²) in [7, 11) is 0. The Morgan fingerprint density at radius 2 is 2.11 bits per heavy atom. The van der Waals surface area contributed by atoms with Crippen LogP contribution in [0.1, 0.15) is 22.2 Å². The third-order valence-corrected chi connectivity index (χ3v) is 5.80. The van der Waals surface area contributed by atoms with Crippen molar-refractivity contribution < 1.29 is 14.5 Å². The Bertz CT molecular complexity index is 1030. The van der Waals surface area contributed by atoms with Gasteiger partial charge in [-0.05, 0) is 18.6 Å². The molecule has 0 aliphatic heterocycles. The van der Waals surface area contributed by atoms with E-state index in [1.807, 2.05) is 6.07 Å². The number of thiophene rings is 1. The Morgan fingerprint density at radius 3 is 2.85 bits per heavy atom. The molecule has 10 heteroatoms. The Hall–Kier alpha value is -2.85. The second-order valence-electron chi connectivity index (χ2n) is 5.44. The van der Waals surface area contributed by atoms with Gasteiger partial charge in [0.25, 0.3) is 11.6 Å². The molecule has 27 heavy (non-hydrogen) atoms. The second-order valence-corrected chi connectivity index (χ2v) is 7.52. The molecule has 1 N–H and O–H groups in total. The molecule has 3 aromatic rings. The third kappa shape index (κ3) is 4.47. The lowest BCUT2D eigenvalue weighted by Crippen LogP contribution is -2.31. The number of amides is 2. The number of hydrogen-bond donors (Lipinski definition) is 1. The Labute approximate surface area is 162 Å². The van der Waals surface area contributed by atoms with Gasteiger partial charge in [0.2, 0.25) is 5.91 Å². The molecule has 0 aliphatic carbocycles. The molecular weight excluding hydrogens is 388 g/mol. The number of carbonyl (C=O) groups is 2. The first-order valence-electron chi connectivity index (χ1n) is 7.92. The molecule has 0 saturated heterocycles. The molecule has 0 saturated carbocycles. The van der Waals surface area contributed by atoms with Crippen molar-refractivity contribution in [2.45, 2.75) is 18.4 Å². The van der Waals surface area contributed by atoms with Gasteiger partial charge in [0, 0.05) is 28.0 Å². The van der Waals surface area contributed by atoms with Crippen molar-refractivity contribution in [3.63, 3.8) is 0 Å². The molecule has 3 rings (SSSR count). The number of rotatable bonds is 6. The highest BCUT2D eigenvalue weighted by Crippen LogP contribution is 2.30. The van der Waals surface area contributed by atoms with E-state index in [9.17, 15) is 19.7 Å². The highest BCUT2D eigenvalue weighted by Gasteiger charge is 2.15. The van der Waals surface area contributed by atoms with Crippen LogP contribution in [0.3, 0.4) is 0 Å². The van der Waals surface area contributed by atoms with Gasteiger partial charge in [-0.1, -0.05) is 24.8 Å². The Kier molecular flexibility index (Phi) is 5.77. The first kappa shape index (κ1) is 18.9. The van der Waals surface area contributed by atoms with Crippen LogP contribution in [0.5, 0.6) is 0 Å². The summed E-state index contributed by atoms with van der Waals surface area (Å²) in [5, 5.41) is 14.6. The van der Waals surface area contributed by atoms with E-state index < -0.39 is 16.7 Å². The van der Waals surface area contributed by atoms with Gasteiger partial charge in [0.05, 0.1) is 10.7 Å². The summed E-state index contributed by atoms with van der Waals surface area (Å²) in [6, 6.07) is 7.22. The number of non-ortho nitro benzene ring substituents is 1. The van der Waals surface area contributed by atoms with Gasteiger partial charge in [0.15, 0.2) is 0 Å². The lowest BCUT2D eigenvalue weighted by molar-refractivity contribution is -0.384. The molecule has 8 nitrogen and oxygen atoms in total. The third-order valence-electron chi connectivity index (χ3n) is 3.60. The van der Waals surface area contributed by atoms with Crippen molar-refractivity contribution in [3.8, 4) is 0 Å². The number of nitro benzene ring substituents is 1. The van der Waals surface area contributed by atoms with Gasteiger partial charge in [0.1, 0.15) is 16.2 Å². The van der Waals surface area contributed by atoms with Crippen LogP contribution in [0.15, 0.2) is 41.7 Å². The second kappa shape index (κ2) is 8.23. The van der Waals surface area contributed by atoms with E-state index in [1.54, 1.807) is 11.3 Å². The summed E-state index contributed by atoms with van der Waals surface area (Å²) in [4.78, 5) is 44.9. The largest absolute Gasteiger partial charge is 0.292 e. The average molecular weight is 402 g/mol. The van der Waals surface area contributed by atoms with E-state index in [0.29, 0.717) is 5.03 Å². The summed E-state index contributed by atoms with van der Waals surface area (Å²) in [5.74, 6) is -1.19. The molecule has 0 fully saturated rings. The predicted octanol–water partition coefficient (Wildman–Crippen LogP) is 3.21. The SMILES string of the molecule is CCc1cc2c(SCC(=O)NC(=O)c3cccc([N+](=O)[O-])c3)ncnc2s1. The van der Waals surface area contributed by atoms with Crippen LogP contribution in [-0.2, 0) is 11.2 Å². The van der Waals surface area contributed by atoms with Gasteiger partial charge >= 0.3 is 0 Å². The summed E-state index contributed by atoms with van der Waals surface area (Å²) in [6.45, 7) is 2.05. The summed E-state index contributed by atoms with van der Waals surface area (Å²) >= 11 is 2.79. The smallest absolute Gasteiger partial charge is 0.270 e. The number of carbonyl (C=O) groups excluding carboxylic acids is 2. The van der Waals surface area contributed by atoms with E-state index in [-0.39, 0.29) is 17.0 Å². The van der Waals surface area contributed by atoms with Crippen LogP contribution >= 0.6 is 23.1 Å². The molecule has 0 unspecified atom stereocenters. The standard InChI is InChI=1S/C17H14N4O4S2/c1-2-12-7-13-16(18-9-19-17(13)27-12)26-8-14(22)20-15(23)10-4-3-5-11(6-10)21(24)25/h3-7,9H,2,8H2,1H3,(H,20,22,23). The summed E-state index contributed by atoms with van der Waals surface area (Å²) < 4.78 is 0. The zero-order valence-corrected chi connectivity index (χ0v) is 15.8. The molecule has 0 bridgehead atoms. The van der Waals surface area contributed by atoms with Gasteiger partial charge in [-0.3, -0.25) is 25.0 Å². The van der Waals surface area contributed by atoms with Crippen LogP contribution < -0.4 is 5.32 Å². The maximum Gasteiger partial charge on any atom is 0.270 e. The lowest BCUT2D eigenvalue weighted by atomic mass is 10.2. The molecule has 1 aromatic carbocycles. The van der Waals surface area contributed by atoms with E-state index in [4.69, 9.17) is 0 Å². The highest BCUT2D eigenvalue weighted by atomic mass is 32.2. The molecule has 2 amide bonds. The number of aromatic nitrogens is 2. The fourth-order valence-corrected chi connectivity index (χ4v) is 4.07. The monoisotopic (exact) mass is 402 g/mol. The van der Waals surface area contributed by atoms with Gasteiger partial charge in [-0.15, -0.1) is 11.3 Å². The van der Waals surface area contributed by atoms with E-state index in [1.165, 1.54) is 41.2 Å². The van der Waals surface area contributed by atoms with Crippen LogP contribution in [0.4, 0.5) is 5.69 Å². The molecule has 2 heterocycles. The van der Waals surface area contributed by atoms with Crippen LogP contribution in [0.25, 0.3) is 10.2 Å². The van der Waals surface area contributed by atoms with Crippen molar-refractivity contribution in [3.05, 3.63) is 57.2 Å². The number of imide groups is 1. The van der Waals surface area contributed by atoms with E-state index >= 15 is 0 Å². The molecule has 138 valence electrons. The van der Waals surface area contributed by atoms with Crippen LogP contribution in [-0.4, -0.2) is 32.5 Å². The number of nitro groups is 1. The van der Waals surface area contributed by atoms with Crippen molar-refractivity contribution in [2.24, 2.45) is 0 Å². The summed E-state index contributed by atoms with van der Waals surface area (Å²) in [5.41, 5.74) is -0.158. The minimum Gasteiger partial charge on any atom is -0.292 e.